The molecule has 1 aromatic carbocycles. The molecule has 1 aliphatic heterocycles. The average Bonchev–Trinajstić information content (AvgIpc) is 3.54. The number of carbonyl (C=O) groups is 1. The third kappa shape index (κ3) is 4.74. The number of pyridine rings is 1. The highest BCUT2D eigenvalue weighted by Gasteiger charge is 2.30. The Morgan fingerprint density at radius 1 is 1.11 bits per heavy atom. The van der Waals surface area contributed by atoms with E-state index in [-0.39, 0.29) is 0 Å². The molecule has 2 N–H and O–H groups in total. The standard InChI is InChI=1S/C30H32N4O2S/c1-18-5-7-19(8-6-18)24-17-34(2)15-13-22(24)23-16-26(37-27(23)30(35)36)20-9-11-21(12-10-20)28-32-25-4-3-14-31-29(25)33-28/h3-4,9-12,14,16,18-19H,5-8,13,15,17H2,1-2H3,(H,35,36)(H,31,32,33). The first-order valence-electron chi connectivity index (χ1n) is 13.2. The third-order valence-electron chi connectivity index (χ3n) is 8.03. The number of aromatic nitrogens is 3. The van der Waals surface area contributed by atoms with E-state index in [1.807, 2.05) is 24.3 Å². The Hall–Kier alpha value is -3.29. The Morgan fingerprint density at radius 3 is 2.59 bits per heavy atom. The number of hydrogen-bond donors (Lipinski definition) is 2. The van der Waals surface area contributed by atoms with Gasteiger partial charge in [0.2, 0.25) is 0 Å². The lowest BCUT2D eigenvalue weighted by Crippen LogP contribution is -2.31. The number of carboxylic acid groups (broad SMARTS) is 1. The lowest BCUT2D eigenvalue weighted by Gasteiger charge is -2.35. The molecule has 0 radical (unpaired) electrons. The van der Waals surface area contributed by atoms with Gasteiger partial charge >= 0.3 is 5.97 Å². The van der Waals surface area contributed by atoms with Crippen LogP contribution in [0.3, 0.4) is 0 Å². The van der Waals surface area contributed by atoms with E-state index in [4.69, 9.17) is 0 Å². The fourth-order valence-corrected chi connectivity index (χ4v) is 6.94. The first-order chi connectivity index (χ1) is 18.0. The number of rotatable bonds is 5. The highest BCUT2D eigenvalue weighted by atomic mass is 32.1. The van der Waals surface area contributed by atoms with Gasteiger partial charge in [0, 0.05) is 35.3 Å². The van der Waals surface area contributed by atoms with Crippen molar-refractivity contribution < 1.29 is 9.90 Å². The minimum absolute atomic E-state index is 0.462. The summed E-state index contributed by atoms with van der Waals surface area (Å²) in [4.78, 5) is 28.5. The Bertz CT molecular complexity index is 1440. The molecule has 4 heterocycles. The van der Waals surface area contributed by atoms with Gasteiger partial charge in [-0.25, -0.2) is 14.8 Å². The number of aromatic carboxylic acids is 1. The Labute approximate surface area is 221 Å². The van der Waals surface area contributed by atoms with Gasteiger partial charge in [-0.05, 0) is 73.1 Å². The van der Waals surface area contributed by atoms with E-state index < -0.39 is 5.97 Å². The molecule has 4 aromatic rings. The number of H-pyrrole nitrogens is 1. The van der Waals surface area contributed by atoms with Crippen molar-refractivity contribution in [3.63, 3.8) is 0 Å². The maximum absolute atomic E-state index is 12.4. The van der Waals surface area contributed by atoms with Gasteiger partial charge in [-0.1, -0.05) is 44.0 Å². The molecule has 190 valence electrons. The minimum Gasteiger partial charge on any atom is -0.477 e. The molecule has 0 atom stereocenters. The molecule has 1 saturated carbocycles. The summed E-state index contributed by atoms with van der Waals surface area (Å²) in [6.45, 7) is 4.26. The van der Waals surface area contributed by atoms with Gasteiger partial charge in [-0.2, -0.15) is 0 Å². The molecule has 0 amide bonds. The number of nitrogens with zero attached hydrogens (tertiary/aromatic N) is 3. The largest absolute Gasteiger partial charge is 0.477 e. The maximum Gasteiger partial charge on any atom is 0.346 e. The van der Waals surface area contributed by atoms with Crippen LogP contribution >= 0.6 is 11.3 Å². The van der Waals surface area contributed by atoms with E-state index in [2.05, 4.69) is 52.0 Å². The third-order valence-corrected chi connectivity index (χ3v) is 9.20. The summed E-state index contributed by atoms with van der Waals surface area (Å²) >= 11 is 1.39. The molecule has 37 heavy (non-hydrogen) atoms. The van der Waals surface area contributed by atoms with Crippen LogP contribution in [-0.2, 0) is 0 Å². The van der Waals surface area contributed by atoms with Gasteiger partial charge in [-0.3, -0.25) is 0 Å². The highest BCUT2D eigenvalue weighted by molar-refractivity contribution is 7.17. The number of nitrogens with one attached hydrogen (secondary N) is 1. The second-order valence-electron chi connectivity index (χ2n) is 10.6. The SMILES string of the molecule is CC1CCC(C2=C(c3cc(-c4ccc(-c5nc6ncccc6[nH]5)cc4)sc3C(=O)O)CCN(C)C2)CC1. The molecule has 1 fully saturated rings. The molecule has 0 saturated heterocycles. The van der Waals surface area contributed by atoms with E-state index in [1.54, 1.807) is 6.20 Å². The van der Waals surface area contributed by atoms with Gasteiger partial charge < -0.3 is 15.0 Å². The Kier molecular flexibility index (Phi) is 6.42. The summed E-state index contributed by atoms with van der Waals surface area (Å²) in [5, 5.41) is 10.2. The number of imidazole rings is 1. The minimum atomic E-state index is -0.833. The van der Waals surface area contributed by atoms with Crippen LogP contribution in [-0.4, -0.2) is 51.1 Å². The van der Waals surface area contributed by atoms with Crippen LogP contribution in [0, 0.1) is 11.8 Å². The highest BCUT2D eigenvalue weighted by Crippen LogP contribution is 2.43. The van der Waals surface area contributed by atoms with Crippen molar-refractivity contribution in [3.8, 4) is 21.8 Å². The van der Waals surface area contributed by atoms with E-state index in [9.17, 15) is 9.90 Å². The predicted octanol–water partition coefficient (Wildman–Crippen LogP) is 6.97. The van der Waals surface area contributed by atoms with Crippen molar-refractivity contribution in [2.45, 2.75) is 39.0 Å². The molecule has 0 unspecified atom stereocenters. The summed E-state index contributed by atoms with van der Waals surface area (Å²) in [5.74, 6) is 1.31. The summed E-state index contributed by atoms with van der Waals surface area (Å²) in [7, 11) is 2.18. The number of hydrogen-bond acceptors (Lipinski definition) is 5. The second kappa shape index (κ2) is 9.88. The van der Waals surface area contributed by atoms with E-state index in [1.165, 1.54) is 48.2 Å². The molecule has 0 bridgehead atoms. The number of aromatic amines is 1. The summed E-state index contributed by atoms with van der Waals surface area (Å²) in [6.07, 6.45) is 7.61. The van der Waals surface area contributed by atoms with Crippen molar-refractivity contribution in [1.29, 1.82) is 0 Å². The zero-order valence-corrected chi connectivity index (χ0v) is 22.1. The van der Waals surface area contributed by atoms with Crippen molar-refractivity contribution >= 4 is 34.0 Å². The fraction of sp³-hybridized carbons (Fsp3) is 0.367. The lowest BCUT2D eigenvalue weighted by atomic mass is 9.75. The van der Waals surface area contributed by atoms with Crippen LogP contribution < -0.4 is 0 Å². The summed E-state index contributed by atoms with van der Waals surface area (Å²) < 4.78 is 0. The Balaban J connectivity index is 1.36. The topological polar surface area (TPSA) is 82.1 Å². The number of fused-ring (bicyclic) bond motifs is 1. The van der Waals surface area contributed by atoms with Crippen molar-refractivity contribution in [2.75, 3.05) is 20.1 Å². The summed E-state index contributed by atoms with van der Waals surface area (Å²) in [6, 6.07) is 14.2. The molecule has 0 spiro atoms. The van der Waals surface area contributed by atoms with Gasteiger partial charge in [0.25, 0.3) is 0 Å². The van der Waals surface area contributed by atoms with Crippen molar-refractivity contribution in [3.05, 3.63) is 64.7 Å². The number of benzene rings is 1. The number of likely N-dealkylation sites (N-methyl/N-ethyl adjacent to an activating group) is 1. The van der Waals surface area contributed by atoms with Crippen molar-refractivity contribution in [1.82, 2.24) is 19.9 Å². The number of thiophene rings is 1. The summed E-state index contributed by atoms with van der Waals surface area (Å²) in [5.41, 5.74) is 7.30. The molecule has 6 nitrogen and oxygen atoms in total. The number of carboxylic acids is 1. The zero-order valence-electron chi connectivity index (χ0n) is 21.3. The quantitative estimate of drug-likeness (QED) is 0.302. The first-order valence-corrected chi connectivity index (χ1v) is 14.0. The molecule has 6 rings (SSSR count). The normalized spacial score (nSPS) is 21.0. The van der Waals surface area contributed by atoms with Crippen LogP contribution in [0.5, 0.6) is 0 Å². The Morgan fingerprint density at radius 2 is 1.86 bits per heavy atom. The van der Waals surface area contributed by atoms with Gasteiger partial charge in [-0.15, -0.1) is 11.3 Å². The molecular weight excluding hydrogens is 480 g/mol. The van der Waals surface area contributed by atoms with Crippen LogP contribution in [0.15, 0.2) is 54.2 Å². The average molecular weight is 513 g/mol. The van der Waals surface area contributed by atoms with Crippen LogP contribution in [0.1, 0.15) is 54.3 Å². The first kappa shape index (κ1) is 24.1. The maximum atomic E-state index is 12.4. The van der Waals surface area contributed by atoms with E-state index >= 15 is 0 Å². The van der Waals surface area contributed by atoms with Gasteiger partial charge in [0.15, 0.2) is 5.65 Å². The van der Waals surface area contributed by atoms with Gasteiger partial charge in [0.1, 0.15) is 10.7 Å². The smallest absolute Gasteiger partial charge is 0.346 e. The molecule has 7 heteroatoms. The second-order valence-corrected chi connectivity index (χ2v) is 11.7. The zero-order chi connectivity index (χ0) is 25.5. The molecule has 1 aliphatic carbocycles. The lowest BCUT2D eigenvalue weighted by molar-refractivity contribution is 0.0702. The van der Waals surface area contributed by atoms with E-state index in [0.29, 0.717) is 16.4 Å². The van der Waals surface area contributed by atoms with Crippen LogP contribution in [0.25, 0.3) is 38.6 Å². The van der Waals surface area contributed by atoms with Crippen LogP contribution in [0.4, 0.5) is 0 Å². The monoisotopic (exact) mass is 512 g/mol. The molecule has 3 aromatic heterocycles. The predicted molar refractivity (Wildman–Crippen MR) is 150 cm³/mol. The fourth-order valence-electron chi connectivity index (χ4n) is 5.91. The van der Waals surface area contributed by atoms with Gasteiger partial charge in [0.05, 0.1) is 5.52 Å². The van der Waals surface area contributed by atoms with E-state index in [0.717, 1.165) is 58.3 Å². The molecular formula is C30H32N4O2S. The van der Waals surface area contributed by atoms with Crippen LogP contribution in [0.2, 0.25) is 0 Å². The molecule has 2 aliphatic rings. The van der Waals surface area contributed by atoms with Crippen molar-refractivity contribution in [2.24, 2.45) is 11.8 Å².